The quantitative estimate of drug-likeness (QED) is 0.891. The van der Waals surface area contributed by atoms with Gasteiger partial charge >= 0.3 is 0 Å². The summed E-state index contributed by atoms with van der Waals surface area (Å²) in [5.74, 6) is -1.92. The van der Waals surface area contributed by atoms with Gasteiger partial charge in [-0.1, -0.05) is 36.4 Å². The Morgan fingerprint density at radius 3 is 2.27 bits per heavy atom. The first-order valence-electron chi connectivity index (χ1n) is 8.84. The first kappa shape index (κ1) is 18.5. The summed E-state index contributed by atoms with van der Waals surface area (Å²) < 4.78 is 27.3. The van der Waals surface area contributed by atoms with Crippen molar-refractivity contribution in [3.8, 4) is 0 Å². The smallest absolute Gasteiger partial charge is 0.238 e. The maximum Gasteiger partial charge on any atom is 0.238 e. The van der Waals surface area contributed by atoms with Crippen LogP contribution in [0.2, 0.25) is 0 Å². The van der Waals surface area contributed by atoms with Gasteiger partial charge in [-0.15, -0.1) is 0 Å². The predicted molar refractivity (Wildman–Crippen MR) is 97.8 cm³/mol. The van der Waals surface area contributed by atoms with Crippen LogP contribution in [-0.2, 0) is 11.3 Å². The van der Waals surface area contributed by atoms with Crippen LogP contribution < -0.4 is 5.32 Å². The number of carbonyl (C=O) groups is 1. The Hall–Kier alpha value is -2.31. The third kappa shape index (κ3) is 5.09. The lowest BCUT2D eigenvalue weighted by atomic mass is 10.2. The van der Waals surface area contributed by atoms with Gasteiger partial charge in [-0.25, -0.2) is 8.78 Å². The van der Waals surface area contributed by atoms with E-state index in [1.54, 1.807) is 0 Å². The van der Waals surface area contributed by atoms with Crippen molar-refractivity contribution < 1.29 is 13.6 Å². The molecule has 2 aromatic rings. The largest absolute Gasteiger partial charge is 0.320 e. The Balaban J connectivity index is 1.50. The van der Waals surface area contributed by atoms with Gasteiger partial charge in [0, 0.05) is 19.6 Å². The zero-order chi connectivity index (χ0) is 18.4. The molecule has 1 aliphatic rings. The summed E-state index contributed by atoms with van der Waals surface area (Å²) in [5.41, 5.74) is 0.895. The van der Waals surface area contributed by atoms with Gasteiger partial charge < -0.3 is 5.32 Å². The number of benzene rings is 2. The number of hydrogen-bond donors (Lipinski definition) is 1. The molecule has 1 amide bonds. The molecular weight excluding hydrogens is 336 g/mol. The molecule has 0 bridgehead atoms. The van der Waals surface area contributed by atoms with Crippen molar-refractivity contribution in [2.45, 2.75) is 13.0 Å². The molecule has 1 aliphatic heterocycles. The number of hydrogen-bond acceptors (Lipinski definition) is 3. The van der Waals surface area contributed by atoms with E-state index in [1.807, 2.05) is 23.1 Å². The van der Waals surface area contributed by atoms with E-state index in [9.17, 15) is 13.6 Å². The van der Waals surface area contributed by atoms with Crippen LogP contribution in [0.4, 0.5) is 14.5 Å². The minimum absolute atomic E-state index is 0.132. The van der Waals surface area contributed by atoms with E-state index < -0.39 is 17.5 Å². The van der Waals surface area contributed by atoms with Crippen molar-refractivity contribution in [2.24, 2.45) is 0 Å². The molecule has 0 saturated carbocycles. The molecule has 0 unspecified atom stereocenters. The van der Waals surface area contributed by atoms with Crippen LogP contribution in [0.3, 0.4) is 0 Å². The number of rotatable bonds is 5. The monoisotopic (exact) mass is 359 g/mol. The summed E-state index contributed by atoms with van der Waals surface area (Å²) in [5, 5.41) is 2.35. The molecule has 3 rings (SSSR count). The van der Waals surface area contributed by atoms with Gasteiger partial charge in [-0.2, -0.15) is 0 Å². The van der Waals surface area contributed by atoms with E-state index in [-0.39, 0.29) is 12.2 Å². The molecule has 0 atom stereocenters. The van der Waals surface area contributed by atoms with Crippen molar-refractivity contribution in [1.82, 2.24) is 9.80 Å². The lowest BCUT2D eigenvalue weighted by Crippen LogP contribution is -2.36. The van der Waals surface area contributed by atoms with E-state index in [0.29, 0.717) is 0 Å². The molecule has 0 radical (unpaired) electrons. The standard InChI is InChI=1S/C20H23F2N3O/c21-17-8-4-9-18(22)20(17)23-19(26)15-25-11-5-10-24(12-13-25)14-16-6-2-1-3-7-16/h1-4,6-9H,5,10-15H2,(H,23,26). The van der Waals surface area contributed by atoms with Crippen molar-refractivity contribution >= 4 is 11.6 Å². The molecule has 6 heteroatoms. The zero-order valence-corrected chi connectivity index (χ0v) is 14.6. The normalized spacial score (nSPS) is 16.2. The summed E-state index contributed by atoms with van der Waals surface area (Å²) in [7, 11) is 0. The van der Waals surface area contributed by atoms with E-state index >= 15 is 0 Å². The fraction of sp³-hybridized carbons (Fsp3) is 0.350. The summed E-state index contributed by atoms with van der Waals surface area (Å²) in [6, 6.07) is 13.8. The van der Waals surface area contributed by atoms with E-state index in [1.165, 1.54) is 11.6 Å². The van der Waals surface area contributed by atoms with Crippen molar-refractivity contribution in [3.63, 3.8) is 0 Å². The van der Waals surface area contributed by atoms with Crippen molar-refractivity contribution in [1.29, 1.82) is 0 Å². The average Bonchev–Trinajstić information content (AvgIpc) is 2.84. The molecule has 0 aliphatic carbocycles. The predicted octanol–water partition coefficient (Wildman–Crippen LogP) is 3.11. The Morgan fingerprint density at radius 2 is 1.54 bits per heavy atom. The van der Waals surface area contributed by atoms with Crippen molar-refractivity contribution in [2.75, 3.05) is 38.0 Å². The summed E-state index contributed by atoms with van der Waals surface area (Å²) in [4.78, 5) is 16.6. The molecule has 1 heterocycles. The van der Waals surface area contributed by atoms with E-state index in [4.69, 9.17) is 0 Å². The summed E-state index contributed by atoms with van der Waals surface area (Å²) in [6.45, 7) is 4.39. The molecule has 0 spiro atoms. The van der Waals surface area contributed by atoms with E-state index in [0.717, 1.165) is 51.3 Å². The van der Waals surface area contributed by atoms with Gasteiger partial charge in [0.1, 0.15) is 17.3 Å². The van der Waals surface area contributed by atoms with Crippen LogP contribution in [0.15, 0.2) is 48.5 Å². The summed E-state index contributed by atoms with van der Waals surface area (Å²) in [6.07, 6.45) is 0.953. The highest BCUT2D eigenvalue weighted by Crippen LogP contribution is 2.18. The second-order valence-electron chi connectivity index (χ2n) is 6.54. The minimum atomic E-state index is -0.761. The third-order valence-electron chi connectivity index (χ3n) is 4.52. The fourth-order valence-electron chi connectivity index (χ4n) is 3.18. The maximum atomic E-state index is 13.6. The van der Waals surface area contributed by atoms with Gasteiger partial charge in [-0.3, -0.25) is 14.6 Å². The molecule has 1 fully saturated rings. The highest BCUT2D eigenvalue weighted by atomic mass is 19.1. The Bertz CT molecular complexity index is 719. The van der Waals surface area contributed by atoms with Crippen LogP contribution in [0.25, 0.3) is 0 Å². The number of halogens is 2. The highest BCUT2D eigenvalue weighted by Gasteiger charge is 2.18. The first-order chi connectivity index (χ1) is 12.6. The second-order valence-corrected chi connectivity index (χ2v) is 6.54. The molecule has 0 aromatic heterocycles. The molecule has 1 saturated heterocycles. The van der Waals surface area contributed by atoms with Crippen LogP contribution >= 0.6 is 0 Å². The van der Waals surface area contributed by atoms with Gasteiger partial charge in [0.05, 0.1) is 6.54 Å². The average molecular weight is 359 g/mol. The zero-order valence-electron chi connectivity index (χ0n) is 14.6. The van der Waals surface area contributed by atoms with Gasteiger partial charge in [0.15, 0.2) is 0 Å². The van der Waals surface area contributed by atoms with Crippen LogP contribution in [0, 0.1) is 11.6 Å². The third-order valence-corrected chi connectivity index (χ3v) is 4.52. The number of amides is 1. The number of anilines is 1. The number of nitrogens with zero attached hydrogens (tertiary/aromatic N) is 2. The SMILES string of the molecule is O=C(CN1CCCN(Cc2ccccc2)CC1)Nc1c(F)cccc1F. The van der Waals surface area contributed by atoms with E-state index in [2.05, 4.69) is 22.3 Å². The summed E-state index contributed by atoms with van der Waals surface area (Å²) >= 11 is 0. The molecule has 2 aromatic carbocycles. The van der Waals surface area contributed by atoms with Gasteiger partial charge in [0.25, 0.3) is 0 Å². The Morgan fingerprint density at radius 1 is 0.885 bits per heavy atom. The Kier molecular flexibility index (Phi) is 6.30. The van der Waals surface area contributed by atoms with Crippen LogP contribution in [-0.4, -0.2) is 48.4 Å². The number of para-hydroxylation sites is 1. The highest BCUT2D eigenvalue weighted by molar-refractivity contribution is 5.92. The second kappa shape index (κ2) is 8.87. The van der Waals surface area contributed by atoms with Crippen LogP contribution in [0.1, 0.15) is 12.0 Å². The fourth-order valence-corrected chi connectivity index (χ4v) is 3.18. The molecule has 1 N–H and O–H groups in total. The number of carbonyl (C=O) groups excluding carboxylic acids is 1. The minimum Gasteiger partial charge on any atom is -0.320 e. The van der Waals surface area contributed by atoms with Crippen molar-refractivity contribution in [3.05, 3.63) is 65.7 Å². The molecular formula is C20H23F2N3O. The van der Waals surface area contributed by atoms with Crippen LogP contribution in [0.5, 0.6) is 0 Å². The first-order valence-corrected chi connectivity index (χ1v) is 8.84. The lowest BCUT2D eigenvalue weighted by molar-refractivity contribution is -0.117. The van der Waals surface area contributed by atoms with Gasteiger partial charge in [0.2, 0.25) is 5.91 Å². The Labute approximate surface area is 152 Å². The maximum absolute atomic E-state index is 13.6. The topological polar surface area (TPSA) is 35.6 Å². The lowest BCUT2D eigenvalue weighted by Gasteiger charge is -2.21. The molecule has 4 nitrogen and oxygen atoms in total. The molecule has 138 valence electrons. The van der Waals surface area contributed by atoms with Gasteiger partial charge in [-0.05, 0) is 37.2 Å². The number of nitrogens with one attached hydrogen (secondary N) is 1. The molecule has 26 heavy (non-hydrogen) atoms.